The standard InChI is InChI=1S/C13H14F2O3/c1-4-18-12(17)13(2,3)11(16)9-7-8(14)5-6-10(9)15/h5-7H,4H2,1-3H3. The van der Waals surface area contributed by atoms with Crippen LogP contribution in [0, 0.1) is 17.0 Å². The summed E-state index contributed by atoms with van der Waals surface area (Å²) in [6.07, 6.45) is 0. The smallest absolute Gasteiger partial charge is 0.319 e. The van der Waals surface area contributed by atoms with Crippen LogP contribution in [0.4, 0.5) is 8.78 Å². The first-order valence-corrected chi connectivity index (χ1v) is 5.47. The van der Waals surface area contributed by atoms with Gasteiger partial charge in [0.15, 0.2) is 5.78 Å². The molecule has 18 heavy (non-hydrogen) atoms. The number of ketones is 1. The Morgan fingerprint density at radius 2 is 1.89 bits per heavy atom. The van der Waals surface area contributed by atoms with Crippen molar-refractivity contribution in [2.24, 2.45) is 5.41 Å². The molecule has 0 saturated carbocycles. The minimum Gasteiger partial charge on any atom is -0.465 e. The summed E-state index contributed by atoms with van der Waals surface area (Å²) < 4.78 is 31.2. The third-order valence-electron chi connectivity index (χ3n) is 2.53. The number of Topliss-reactive ketones (excluding diaryl/α,β-unsaturated/α-hetero) is 1. The fraction of sp³-hybridized carbons (Fsp3) is 0.385. The van der Waals surface area contributed by atoms with Crippen LogP contribution in [0.15, 0.2) is 18.2 Å². The maximum atomic E-state index is 13.5. The molecule has 0 amide bonds. The number of halogens is 2. The zero-order valence-electron chi connectivity index (χ0n) is 10.4. The van der Waals surface area contributed by atoms with Crippen molar-refractivity contribution in [3.8, 4) is 0 Å². The Kier molecular flexibility index (Phi) is 4.16. The molecule has 0 heterocycles. The van der Waals surface area contributed by atoms with Gasteiger partial charge in [0.25, 0.3) is 0 Å². The average molecular weight is 256 g/mol. The van der Waals surface area contributed by atoms with Gasteiger partial charge < -0.3 is 4.74 Å². The first kappa shape index (κ1) is 14.3. The SMILES string of the molecule is CCOC(=O)C(C)(C)C(=O)c1cc(F)ccc1F. The molecule has 0 aliphatic carbocycles. The highest BCUT2D eigenvalue weighted by Crippen LogP contribution is 2.25. The van der Waals surface area contributed by atoms with Gasteiger partial charge >= 0.3 is 5.97 Å². The van der Waals surface area contributed by atoms with Gasteiger partial charge in [0, 0.05) is 0 Å². The molecule has 1 aromatic carbocycles. The fourth-order valence-corrected chi connectivity index (χ4v) is 1.41. The number of ether oxygens (including phenoxy) is 1. The third kappa shape index (κ3) is 2.72. The lowest BCUT2D eigenvalue weighted by Crippen LogP contribution is -2.35. The highest BCUT2D eigenvalue weighted by molar-refractivity contribution is 6.11. The van der Waals surface area contributed by atoms with Gasteiger partial charge in [0.05, 0.1) is 12.2 Å². The van der Waals surface area contributed by atoms with Crippen molar-refractivity contribution in [3.05, 3.63) is 35.4 Å². The molecule has 0 saturated heterocycles. The summed E-state index contributed by atoms with van der Waals surface area (Å²) in [6.45, 7) is 4.34. The number of benzene rings is 1. The van der Waals surface area contributed by atoms with Crippen LogP contribution in [0.1, 0.15) is 31.1 Å². The zero-order chi connectivity index (χ0) is 13.9. The Balaban J connectivity index is 3.13. The topological polar surface area (TPSA) is 43.4 Å². The largest absolute Gasteiger partial charge is 0.465 e. The summed E-state index contributed by atoms with van der Waals surface area (Å²) in [4.78, 5) is 23.7. The second kappa shape index (κ2) is 5.25. The number of rotatable bonds is 4. The Hall–Kier alpha value is -1.78. The van der Waals surface area contributed by atoms with Crippen LogP contribution < -0.4 is 0 Å². The molecule has 0 N–H and O–H groups in total. The second-order valence-electron chi connectivity index (χ2n) is 4.30. The molecule has 5 heteroatoms. The van der Waals surface area contributed by atoms with E-state index in [4.69, 9.17) is 4.74 Å². The third-order valence-corrected chi connectivity index (χ3v) is 2.53. The van der Waals surface area contributed by atoms with Crippen LogP contribution in [0.25, 0.3) is 0 Å². The molecule has 0 bridgehead atoms. The maximum Gasteiger partial charge on any atom is 0.319 e. The molecule has 0 aromatic heterocycles. The number of hydrogen-bond donors (Lipinski definition) is 0. The minimum atomic E-state index is -1.55. The lowest BCUT2D eigenvalue weighted by Gasteiger charge is -2.21. The van der Waals surface area contributed by atoms with Gasteiger partial charge in [-0.1, -0.05) is 0 Å². The summed E-state index contributed by atoms with van der Waals surface area (Å²) in [6, 6.07) is 2.53. The van der Waals surface area contributed by atoms with Crippen molar-refractivity contribution in [1.82, 2.24) is 0 Å². The molecule has 0 aliphatic heterocycles. The van der Waals surface area contributed by atoms with E-state index in [1.807, 2.05) is 0 Å². The minimum absolute atomic E-state index is 0.112. The predicted molar refractivity (Wildman–Crippen MR) is 61.1 cm³/mol. The van der Waals surface area contributed by atoms with Crippen LogP contribution in [0.5, 0.6) is 0 Å². The summed E-state index contributed by atoms with van der Waals surface area (Å²) >= 11 is 0. The van der Waals surface area contributed by atoms with Gasteiger partial charge in [-0.3, -0.25) is 9.59 Å². The first-order valence-electron chi connectivity index (χ1n) is 5.47. The van der Waals surface area contributed by atoms with Gasteiger partial charge in [-0.15, -0.1) is 0 Å². The molecular formula is C13H14F2O3. The van der Waals surface area contributed by atoms with Gasteiger partial charge in [0.1, 0.15) is 17.0 Å². The second-order valence-corrected chi connectivity index (χ2v) is 4.30. The molecule has 98 valence electrons. The number of hydrogen-bond acceptors (Lipinski definition) is 3. The van der Waals surface area contributed by atoms with Crippen LogP contribution >= 0.6 is 0 Å². The van der Waals surface area contributed by atoms with E-state index < -0.39 is 34.4 Å². The molecule has 1 aromatic rings. The summed E-state index contributed by atoms with van der Waals surface area (Å²) in [5, 5.41) is 0. The average Bonchev–Trinajstić information content (AvgIpc) is 2.31. The molecule has 1 rings (SSSR count). The summed E-state index contributed by atoms with van der Waals surface area (Å²) in [7, 11) is 0. The lowest BCUT2D eigenvalue weighted by atomic mass is 9.84. The molecule has 3 nitrogen and oxygen atoms in total. The van der Waals surface area contributed by atoms with Crippen LogP contribution in [0.2, 0.25) is 0 Å². The Morgan fingerprint density at radius 1 is 1.28 bits per heavy atom. The van der Waals surface area contributed by atoms with Gasteiger partial charge in [0.2, 0.25) is 0 Å². The van der Waals surface area contributed by atoms with Gasteiger partial charge in [-0.25, -0.2) is 8.78 Å². The molecule has 0 fully saturated rings. The lowest BCUT2D eigenvalue weighted by molar-refractivity contribution is -0.150. The highest BCUT2D eigenvalue weighted by atomic mass is 19.1. The molecule has 0 atom stereocenters. The highest BCUT2D eigenvalue weighted by Gasteiger charge is 2.39. The van der Waals surface area contributed by atoms with Crippen LogP contribution in [-0.2, 0) is 9.53 Å². The van der Waals surface area contributed by atoms with E-state index in [2.05, 4.69) is 0 Å². The van der Waals surface area contributed by atoms with E-state index in [0.29, 0.717) is 0 Å². The van der Waals surface area contributed by atoms with E-state index in [-0.39, 0.29) is 6.61 Å². The Labute approximate surface area is 104 Å². The predicted octanol–water partition coefficient (Wildman–Crippen LogP) is 2.74. The Morgan fingerprint density at radius 3 is 2.44 bits per heavy atom. The Bertz CT molecular complexity index is 481. The van der Waals surface area contributed by atoms with Crippen LogP contribution in [-0.4, -0.2) is 18.4 Å². The number of carbonyl (C=O) groups excluding carboxylic acids is 2. The van der Waals surface area contributed by atoms with Crippen molar-refractivity contribution in [2.75, 3.05) is 6.61 Å². The van der Waals surface area contributed by atoms with Crippen molar-refractivity contribution >= 4 is 11.8 Å². The monoisotopic (exact) mass is 256 g/mol. The summed E-state index contributed by atoms with van der Waals surface area (Å²) in [5.41, 5.74) is -2.00. The van der Waals surface area contributed by atoms with Crippen molar-refractivity contribution in [1.29, 1.82) is 0 Å². The normalized spacial score (nSPS) is 11.2. The molecule has 0 radical (unpaired) electrons. The summed E-state index contributed by atoms with van der Waals surface area (Å²) in [5.74, 6) is -3.17. The number of esters is 1. The maximum absolute atomic E-state index is 13.5. The van der Waals surface area contributed by atoms with Crippen molar-refractivity contribution in [2.45, 2.75) is 20.8 Å². The number of carbonyl (C=O) groups is 2. The fourth-order valence-electron chi connectivity index (χ4n) is 1.41. The van der Waals surface area contributed by atoms with Crippen LogP contribution in [0.3, 0.4) is 0 Å². The van der Waals surface area contributed by atoms with Gasteiger partial charge in [-0.2, -0.15) is 0 Å². The van der Waals surface area contributed by atoms with E-state index in [1.165, 1.54) is 13.8 Å². The molecule has 0 unspecified atom stereocenters. The molecule has 0 spiro atoms. The van der Waals surface area contributed by atoms with E-state index in [0.717, 1.165) is 18.2 Å². The zero-order valence-corrected chi connectivity index (χ0v) is 10.4. The van der Waals surface area contributed by atoms with E-state index >= 15 is 0 Å². The van der Waals surface area contributed by atoms with Crippen molar-refractivity contribution < 1.29 is 23.1 Å². The first-order chi connectivity index (χ1) is 8.30. The van der Waals surface area contributed by atoms with Crippen molar-refractivity contribution in [3.63, 3.8) is 0 Å². The van der Waals surface area contributed by atoms with E-state index in [9.17, 15) is 18.4 Å². The molecule has 0 aliphatic rings. The van der Waals surface area contributed by atoms with E-state index in [1.54, 1.807) is 6.92 Å². The van der Waals surface area contributed by atoms with Gasteiger partial charge in [-0.05, 0) is 39.0 Å². The quantitative estimate of drug-likeness (QED) is 0.472. The molecular weight excluding hydrogens is 242 g/mol.